The van der Waals surface area contributed by atoms with Crippen molar-refractivity contribution in [2.45, 2.75) is 39.2 Å². The number of aliphatic hydroxyl groups is 1. The summed E-state index contributed by atoms with van der Waals surface area (Å²) < 4.78 is 5.76. The molecular formula is C13H22N2O2. The molecule has 1 aliphatic rings. The molecule has 0 aromatic carbocycles. The lowest BCUT2D eigenvalue weighted by molar-refractivity contribution is 0.213. The molecule has 1 saturated heterocycles. The number of rotatable bonds is 3. The molecule has 0 spiro atoms. The number of aliphatic hydroxyl groups excluding tert-OH is 1. The molecule has 1 aromatic heterocycles. The Labute approximate surface area is 103 Å². The van der Waals surface area contributed by atoms with Gasteiger partial charge in [0.1, 0.15) is 5.76 Å². The number of nitrogens with zero attached hydrogens (tertiary/aromatic N) is 2. The minimum absolute atomic E-state index is 0.0178. The van der Waals surface area contributed by atoms with E-state index in [9.17, 15) is 0 Å². The average Bonchev–Trinajstić information content (AvgIpc) is 2.86. The molecule has 96 valence electrons. The molecule has 0 bridgehead atoms. The van der Waals surface area contributed by atoms with Crippen molar-refractivity contribution >= 4 is 0 Å². The van der Waals surface area contributed by atoms with Crippen molar-refractivity contribution in [3.63, 3.8) is 0 Å². The predicted octanol–water partition coefficient (Wildman–Crippen LogP) is 1.79. The van der Waals surface area contributed by atoms with E-state index in [4.69, 9.17) is 9.52 Å². The van der Waals surface area contributed by atoms with Crippen LogP contribution in [0.25, 0.3) is 0 Å². The number of oxazole rings is 1. The fourth-order valence-corrected chi connectivity index (χ4v) is 2.13. The summed E-state index contributed by atoms with van der Waals surface area (Å²) in [5.41, 5.74) is 0.0178. The second-order valence-corrected chi connectivity index (χ2v) is 5.94. The summed E-state index contributed by atoms with van der Waals surface area (Å²) in [6.45, 7) is 9.38. The lowest BCUT2D eigenvalue weighted by atomic mass is 9.94. The number of hydrogen-bond donors (Lipinski definition) is 1. The van der Waals surface area contributed by atoms with Crippen LogP contribution < -0.4 is 0 Å². The van der Waals surface area contributed by atoms with Crippen molar-refractivity contribution in [2.75, 3.05) is 19.7 Å². The quantitative estimate of drug-likeness (QED) is 0.872. The molecule has 17 heavy (non-hydrogen) atoms. The Bertz CT molecular complexity index is 368. The summed E-state index contributed by atoms with van der Waals surface area (Å²) >= 11 is 0. The normalized spacial score (nSPS) is 22.2. The third-order valence-corrected chi connectivity index (χ3v) is 3.28. The highest BCUT2D eigenvalue weighted by atomic mass is 16.4. The molecule has 1 atom stereocenters. The largest absolute Gasteiger partial charge is 0.444 e. The molecule has 1 aliphatic heterocycles. The summed E-state index contributed by atoms with van der Waals surface area (Å²) in [4.78, 5) is 6.62. The fourth-order valence-electron chi connectivity index (χ4n) is 2.13. The van der Waals surface area contributed by atoms with Gasteiger partial charge in [0.05, 0.1) is 12.7 Å². The lowest BCUT2D eigenvalue weighted by Gasteiger charge is -2.15. The SMILES string of the molecule is CC(C)(C)c1cnc(CN2CCC(CO)C2)o1. The first-order valence-electron chi connectivity index (χ1n) is 6.27. The molecule has 2 heterocycles. The van der Waals surface area contributed by atoms with E-state index in [1.165, 1.54) is 0 Å². The summed E-state index contributed by atoms with van der Waals surface area (Å²) in [5.74, 6) is 2.14. The van der Waals surface area contributed by atoms with Crippen molar-refractivity contribution in [1.82, 2.24) is 9.88 Å². The van der Waals surface area contributed by atoms with E-state index in [0.29, 0.717) is 5.92 Å². The first kappa shape index (κ1) is 12.6. The topological polar surface area (TPSA) is 49.5 Å². The molecule has 4 nitrogen and oxygen atoms in total. The molecule has 0 aliphatic carbocycles. The fraction of sp³-hybridized carbons (Fsp3) is 0.769. The Balaban J connectivity index is 1.94. The maximum atomic E-state index is 9.09. The molecule has 0 radical (unpaired) electrons. The zero-order valence-electron chi connectivity index (χ0n) is 10.9. The van der Waals surface area contributed by atoms with Gasteiger partial charge in [-0.15, -0.1) is 0 Å². The van der Waals surface area contributed by atoms with E-state index < -0.39 is 0 Å². The summed E-state index contributed by atoms with van der Waals surface area (Å²) in [6, 6.07) is 0. The highest BCUT2D eigenvalue weighted by Gasteiger charge is 2.24. The summed E-state index contributed by atoms with van der Waals surface area (Å²) in [6.07, 6.45) is 2.90. The Hall–Kier alpha value is -0.870. The van der Waals surface area contributed by atoms with E-state index in [-0.39, 0.29) is 12.0 Å². The van der Waals surface area contributed by atoms with Crippen molar-refractivity contribution < 1.29 is 9.52 Å². The highest BCUT2D eigenvalue weighted by Crippen LogP contribution is 2.24. The molecule has 1 unspecified atom stereocenters. The van der Waals surface area contributed by atoms with Crippen LogP contribution in [0.2, 0.25) is 0 Å². The van der Waals surface area contributed by atoms with Crippen LogP contribution in [0.3, 0.4) is 0 Å². The highest BCUT2D eigenvalue weighted by molar-refractivity contribution is 5.06. The van der Waals surface area contributed by atoms with Gasteiger partial charge < -0.3 is 9.52 Å². The van der Waals surface area contributed by atoms with Gasteiger partial charge in [-0.2, -0.15) is 0 Å². The van der Waals surface area contributed by atoms with Gasteiger partial charge in [-0.25, -0.2) is 4.98 Å². The molecule has 1 N–H and O–H groups in total. The second-order valence-electron chi connectivity index (χ2n) is 5.94. The monoisotopic (exact) mass is 238 g/mol. The Kier molecular flexibility index (Phi) is 3.54. The van der Waals surface area contributed by atoms with Gasteiger partial charge >= 0.3 is 0 Å². The van der Waals surface area contributed by atoms with E-state index in [1.54, 1.807) is 0 Å². The molecular weight excluding hydrogens is 216 g/mol. The van der Waals surface area contributed by atoms with Crippen molar-refractivity contribution in [1.29, 1.82) is 0 Å². The second kappa shape index (κ2) is 4.78. The van der Waals surface area contributed by atoms with Crippen LogP contribution in [0.4, 0.5) is 0 Å². The minimum atomic E-state index is 0.0178. The van der Waals surface area contributed by atoms with Crippen molar-refractivity contribution in [3.8, 4) is 0 Å². The van der Waals surface area contributed by atoms with Gasteiger partial charge in [0, 0.05) is 18.6 Å². The van der Waals surface area contributed by atoms with Crippen LogP contribution in [-0.2, 0) is 12.0 Å². The first-order chi connectivity index (χ1) is 7.99. The third-order valence-electron chi connectivity index (χ3n) is 3.28. The Morgan fingerprint density at radius 2 is 2.29 bits per heavy atom. The third kappa shape index (κ3) is 3.07. The number of hydrogen-bond acceptors (Lipinski definition) is 4. The van der Waals surface area contributed by atoms with Crippen LogP contribution in [0, 0.1) is 5.92 Å². The lowest BCUT2D eigenvalue weighted by Crippen LogP contribution is -2.21. The maximum Gasteiger partial charge on any atom is 0.208 e. The molecule has 0 amide bonds. The van der Waals surface area contributed by atoms with Crippen LogP contribution >= 0.6 is 0 Å². The van der Waals surface area contributed by atoms with Crippen molar-refractivity contribution in [3.05, 3.63) is 17.8 Å². The minimum Gasteiger partial charge on any atom is -0.444 e. The first-order valence-corrected chi connectivity index (χ1v) is 6.27. The van der Waals surface area contributed by atoms with Gasteiger partial charge in [0.15, 0.2) is 0 Å². The van der Waals surface area contributed by atoms with Gasteiger partial charge in [-0.05, 0) is 18.9 Å². The summed E-state index contributed by atoms with van der Waals surface area (Å²) in [7, 11) is 0. The van der Waals surface area contributed by atoms with Crippen molar-refractivity contribution in [2.24, 2.45) is 5.92 Å². The Morgan fingerprint density at radius 1 is 1.53 bits per heavy atom. The maximum absolute atomic E-state index is 9.09. The van der Waals surface area contributed by atoms with Gasteiger partial charge in [0.25, 0.3) is 0 Å². The van der Waals surface area contributed by atoms with Gasteiger partial charge in [0.2, 0.25) is 5.89 Å². The zero-order valence-corrected chi connectivity index (χ0v) is 10.9. The average molecular weight is 238 g/mol. The number of likely N-dealkylation sites (tertiary alicyclic amines) is 1. The molecule has 1 aromatic rings. The number of aromatic nitrogens is 1. The van der Waals surface area contributed by atoms with Crippen LogP contribution in [0.1, 0.15) is 38.8 Å². The standard InChI is InChI=1S/C13H22N2O2/c1-13(2,3)11-6-14-12(17-11)8-15-5-4-10(7-15)9-16/h6,10,16H,4-5,7-9H2,1-3H3. The molecule has 1 fully saturated rings. The summed E-state index contributed by atoms with van der Waals surface area (Å²) in [5, 5.41) is 9.09. The smallest absolute Gasteiger partial charge is 0.208 e. The van der Waals surface area contributed by atoms with Gasteiger partial charge in [-0.3, -0.25) is 4.90 Å². The van der Waals surface area contributed by atoms with E-state index >= 15 is 0 Å². The van der Waals surface area contributed by atoms with E-state index in [0.717, 1.165) is 37.7 Å². The van der Waals surface area contributed by atoms with Crippen LogP contribution in [-0.4, -0.2) is 34.7 Å². The molecule has 2 rings (SSSR count). The van der Waals surface area contributed by atoms with Gasteiger partial charge in [-0.1, -0.05) is 20.8 Å². The predicted molar refractivity (Wildman–Crippen MR) is 65.7 cm³/mol. The van der Waals surface area contributed by atoms with Crippen LogP contribution in [0.15, 0.2) is 10.6 Å². The zero-order chi connectivity index (χ0) is 12.5. The Morgan fingerprint density at radius 3 is 2.82 bits per heavy atom. The molecule has 4 heteroatoms. The van der Waals surface area contributed by atoms with Crippen LogP contribution in [0.5, 0.6) is 0 Å². The molecule has 0 saturated carbocycles. The van der Waals surface area contributed by atoms with E-state index in [2.05, 4.69) is 30.7 Å². The van der Waals surface area contributed by atoms with E-state index in [1.807, 2.05) is 6.20 Å².